The van der Waals surface area contributed by atoms with Crippen LogP contribution in [0.25, 0.3) is 5.65 Å². The molecule has 0 radical (unpaired) electrons. The Morgan fingerprint density at radius 3 is 2.94 bits per heavy atom. The summed E-state index contributed by atoms with van der Waals surface area (Å²) in [7, 11) is 0. The van der Waals surface area contributed by atoms with Gasteiger partial charge >= 0.3 is 0 Å². The Hall–Kier alpha value is -1.46. The number of aliphatic hydroxyl groups excluding tert-OH is 1. The van der Waals surface area contributed by atoms with E-state index in [2.05, 4.69) is 15.4 Å². The maximum absolute atomic E-state index is 9.68. The van der Waals surface area contributed by atoms with Gasteiger partial charge in [-0.15, -0.1) is 0 Å². The van der Waals surface area contributed by atoms with Gasteiger partial charge in [-0.2, -0.15) is 5.10 Å². The van der Waals surface area contributed by atoms with Crippen molar-refractivity contribution < 1.29 is 5.11 Å². The van der Waals surface area contributed by atoms with Gasteiger partial charge in [0.1, 0.15) is 0 Å². The Balaban J connectivity index is 1.95. The summed E-state index contributed by atoms with van der Waals surface area (Å²) in [6.45, 7) is 7.24. The van der Waals surface area contributed by atoms with Crippen LogP contribution in [0.3, 0.4) is 0 Å². The Morgan fingerprint density at radius 2 is 2.22 bits per heavy atom. The highest BCUT2D eigenvalue weighted by Crippen LogP contribution is 2.05. The molecule has 0 bridgehead atoms. The van der Waals surface area contributed by atoms with Crippen molar-refractivity contribution in [2.75, 3.05) is 6.54 Å². The fourth-order valence-corrected chi connectivity index (χ4v) is 1.73. The van der Waals surface area contributed by atoms with Gasteiger partial charge in [0, 0.05) is 37.1 Å². The van der Waals surface area contributed by atoms with Gasteiger partial charge in [-0.1, -0.05) is 13.8 Å². The van der Waals surface area contributed by atoms with Crippen molar-refractivity contribution in [1.29, 1.82) is 0 Å². The van der Waals surface area contributed by atoms with Gasteiger partial charge in [-0.05, 0) is 12.8 Å². The highest BCUT2D eigenvalue weighted by molar-refractivity contribution is 5.38. The van der Waals surface area contributed by atoms with Gasteiger partial charge in [0.15, 0.2) is 5.65 Å². The topological polar surface area (TPSA) is 62.5 Å². The summed E-state index contributed by atoms with van der Waals surface area (Å²) in [5.41, 5.74) is 2.88. The molecule has 0 aromatic carbocycles. The molecular weight excluding hydrogens is 228 g/mol. The average Bonchev–Trinajstić information content (AvgIpc) is 2.68. The number of nitrogens with one attached hydrogen (secondary N) is 1. The minimum atomic E-state index is -0.311. The van der Waals surface area contributed by atoms with E-state index in [9.17, 15) is 5.11 Å². The van der Waals surface area contributed by atoms with Gasteiger partial charge in [0.05, 0.1) is 11.8 Å². The number of aromatic nitrogens is 3. The molecule has 5 nitrogen and oxygen atoms in total. The Bertz CT molecular complexity index is 521. The number of hydrogen-bond acceptors (Lipinski definition) is 4. The third-order valence-corrected chi connectivity index (χ3v) is 2.94. The molecule has 0 saturated carbocycles. The molecule has 2 N–H and O–H groups in total. The molecule has 0 aliphatic carbocycles. The molecule has 0 aliphatic heterocycles. The van der Waals surface area contributed by atoms with Gasteiger partial charge < -0.3 is 10.4 Å². The van der Waals surface area contributed by atoms with Crippen molar-refractivity contribution >= 4 is 5.65 Å². The van der Waals surface area contributed by atoms with E-state index in [1.807, 2.05) is 39.2 Å². The number of rotatable bonds is 5. The summed E-state index contributed by atoms with van der Waals surface area (Å²) in [6, 6.07) is 1.94. The van der Waals surface area contributed by atoms with Crippen LogP contribution >= 0.6 is 0 Å². The van der Waals surface area contributed by atoms with Crippen LogP contribution in [-0.4, -0.2) is 32.4 Å². The first-order valence-electron chi connectivity index (χ1n) is 6.26. The first-order valence-corrected chi connectivity index (χ1v) is 6.26. The summed E-state index contributed by atoms with van der Waals surface area (Å²) >= 11 is 0. The molecule has 2 heterocycles. The SMILES string of the molecule is Cc1cc2ncc(CNCC(O)C(C)C)cn2n1. The molecule has 0 saturated heterocycles. The van der Waals surface area contributed by atoms with E-state index >= 15 is 0 Å². The summed E-state index contributed by atoms with van der Waals surface area (Å²) in [4.78, 5) is 4.33. The second-order valence-electron chi connectivity index (χ2n) is 4.99. The van der Waals surface area contributed by atoms with Crippen LogP contribution in [0.2, 0.25) is 0 Å². The van der Waals surface area contributed by atoms with Crippen molar-refractivity contribution in [3.63, 3.8) is 0 Å². The van der Waals surface area contributed by atoms with Crippen molar-refractivity contribution in [2.24, 2.45) is 5.92 Å². The molecule has 1 atom stereocenters. The van der Waals surface area contributed by atoms with Gasteiger partial charge in [-0.25, -0.2) is 9.50 Å². The summed E-state index contributed by atoms with van der Waals surface area (Å²) in [6.07, 6.45) is 3.49. The molecule has 18 heavy (non-hydrogen) atoms. The number of fused-ring (bicyclic) bond motifs is 1. The number of aliphatic hydroxyl groups is 1. The molecule has 0 amide bonds. The highest BCUT2D eigenvalue weighted by atomic mass is 16.3. The molecule has 98 valence electrons. The zero-order chi connectivity index (χ0) is 13.1. The van der Waals surface area contributed by atoms with E-state index in [1.54, 1.807) is 4.52 Å². The van der Waals surface area contributed by atoms with Crippen LogP contribution in [-0.2, 0) is 6.54 Å². The predicted molar refractivity (Wildman–Crippen MR) is 70.3 cm³/mol. The standard InChI is InChI=1S/C13H20N4O/c1-9(2)12(18)7-14-5-11-6-15-13-4-10(3)16-17(13)8-11/h4,6,8-9,12,14,18H,5,7H2,1-3H3. The molecule has 2 aromatic rings. The van der Waals surface area contributed by atoms with E-state index in [1.165, 1.54) is 0 Å². The monoisotopic (exact) mass is 248 g/mol. The molecule has 5 heteroatoms. The second-order valence-corrected chi connectivity index (χ2v) is 4.99. The third-order valence-electron chi connectivity index (χ3n) is 2.94. The molecule has 0 aliphatic rings. The zero-order valence-corrected chi connectivity index (χ0v) is 11.1. The molecule has 0 fully saturated rings. The second kappa shape index (κ2) is 5.46. The number of hydrogen-bond donors (Lipinski definition) is 2. The minimum Gasteiger partial charge on any atom is -0.392 e. The molecular formula is C13H20N4O. The largest absolute Gasteiger partial charge is 0.392 e. The van der Waals surface area contributed by atoms with Crippen molar-refractivity contribution in [1.82, 2.24) is 19.9 Å². The van der Waals surface area contributed by atoms with Crippen LogP contribution in [0.5, 0.6) is 0 Å². The lowest BCUT2D eigenvalue weighted by Crippen LogP contribution is -2.30. The number of aryl methyl sites for hydroxylation is 1. The van der Waals surface area contributed by atoms with Crippen LogP contribution in [0, 0.1) is 12.8 Å². The van der Waals surface area contributed by atoms with Crippen molar-refractivity contribution in [3.8, 4) is 0 Å². The average molecular weight is 248 g/mol. The molecule has 0 spiro atoms. The first-order chi connectivity index (χ1) is 8.56. The summed E-state index contributed by atoms with van der Waals surface area (Å²) in [5, 5.41) is 17.2. The molecule has 2 rings (SSSR count). The molecule has 1 unspecified atom stereocenters. The Kier molecular flexibility index (Phi) is 3.93. The predicted octanol–water partition coefficient (Wildman–Crippen LogP) is 1.14. The van der Waals surface area contributed by atoms with Crippen LogP contribution < -0.4 is 5.32 Å². The van der Waals surface area contributed by atoms with E-state index in [-0.39, 0.29) is 12.0 Å². The van der Waals surface area contributed by atoms with Crippen LogP contribution in [0.1, 0.15) is 25.1 Å². The maximum atomic E-state index is 9.68. The highest BCUT2D eigenvalue weighted by Gasteiger charge is 2.08. The normalized spacial score (nSPS) is 13.4. The van der Waals surface area contributed by atoms with E-state index in [0.29, 0.717) is 13.1 Å². The van der Waals surface area contributed by atoms with E-state index < -0.39 is 0 Å². The fourth-order valence-electron chi connectivity index (χ4n) is 1.73. The van der Waals surface area contributed by atoms with Crippen molar-refractivity contribution in [3.05, 3.63) is 29.7 Å². The zero-order valence-electron chi connectivity index (χ0n) is 11.1. The lowest BCUT2D eigenvalue weighted by atomic mass is 10.1. The third kappa shape index (κ3) is 3.05. The van der Waals surface area contributed by atoms with E-state index in [4.69, 9.17) is 0 Å². The van der Waals surface area contributed by atoms with E-state index in [0.717, 1.165) is 16.9 Å². The quantitative estimate of drug-likeness (QED) is 0.833. The smallest absolute Gasteiger partial charge is 0.155 e. The Labute approximate surface area is 107 Å². The van der Waals surface area contributed by atoms with Crippen molar-refractivity contribution in [2.45, 2.75) is 33.4 Å². The summed E-state index contributed by atoms with van der Waals surface area (Å²) in [5.74, 6) is 0.270. The maximum Gasteiger partial charge on any atom is 0.155 e. The number of nitrogens with zero attached hydrogens (tertiary/aromatic N) is 3. The van der Waals surface area contributed by atoms with Gasteiger partial charge in [0.25, 0.3) is 0 Å². The van der Waals surface area contributed by atoms with Gasteiger partial charge in [-0.3, -0.25) is 0 Å². The Morgan fingerprint density at radius 1 is 1.44 bits per heavy atom. The lowest BCUT2D eigenvalue weighted by molar-refractivity contribution is 0.123. The minimum absolute atomic E-state index is 0.270. The van der Waals surface area contributed by atoms with Crippen LogP contribution in [0.15, 0.2) is 18.5 Å². The lowest BCUT2D eigenvalue weighted by Gasteiger charge is -2.14. The van der Waals surface area contributed by atoms with Crippen LogP contribution in [0.4, 0.5) is 0 Å². The van der Waals surface area contributed by atoms with Gasteiger partial charge in [0.2, 0.25) is 0 Å². The molecule has 2 aromatic heterocycles. The fraction of sp³-hybridized carbons (Fsp3) is 0.538. The first kappa shape index (κ1) is 13.0. The summed E-state index contributed by atoms with van der Waals surface area (Å²) < 4.78 is 1.78.